The van der Waals surface area contributed by atoms with Crippen LogP contribution < -0.4 is 0 Å². The molecule has 0 spiro atoms. The van der Waals surface area contributed by atoms with E-state index in [1.54, 1.807) is 19.3 Å². The second-order valence-corrected chi connectivity index (χ2v) is 1.86. The molecule has 0 atom stereocenters. The summed E-state index contributed by atoms with van der Waals surface area (Å²) in [5.74, 6) is 0.743. The summed E-state index contributed by atoms with van der Waals surface area (Å²) in [5, 5.41) is 0. The van der Waals surface area contributed by atoms with Crippen LogP contribution in [0.5, 0.6) is 0 Å². The van der Waals surface area contributed by atoms with Crippen molar-refractivity contribution in [3.8, 4) is 0 Å². The number of nitrogens with zero attached hydrogens (tertiary/aromatic N) is 2. The number of hydrogen-bond acceptors (Lipinski definition) is 2. The van der Waals surface area contributed by atoms with Crippen LogP contribution >= 0.6 is 0 Å². The van der Waals surface area contributed by atoms with Crippen molar-refractivity contribution >= 4 is 5.91 Å². The predicted octanol–water partition coefficient (Wildman–Crippen LogP) is 0.852. The third-order valence-corrected chi connectivity index (χ3v) is 1.16. The van der Waals surface area contributed by atoms with Crippen LogP contribution in [0.2, 0.25) is 0 Å². The average molecular weight is 124 g/mol. The molecule has 1 heterocycles. The van der Waals surface area contributed by atoms with Gasteiger partial charge < -0.3 is 0 Å². The molecule has 1 rings (SSSR count). The van der Waals surface area contributed by atoms with E-state index in [9.17, 15) is 4.79 Å². The minimum absolute atomic E-state index is 0.00463. The molecule has 0 aliphatic carbocycles. The van der Waals surface area contributed by atoms with Gasteiger partial charge in [-0.1, -0.05) is 0 Å². The molecular formula is C6H8N2O. The Morgan fingerprint density at radius 1 is 1.78 bits per heavy atom. The zero-order valence-corrected chi connectivity index (χ0v) is 5.46. The number of rotatable bonds is 0. The van der Waals surface area contributed by atoms with Gasteiger partial charge in [0.1, 0.15) is 5.82 Å². The first-order valence-corrected chi connectivity index (χ1v) is 2.72. The van der Waals surface area contributed by atoms with Gasteiger partial charge in [-0.05, 0) is 6.92 Å². The van der Waals surface area contributed by atoms with Crippen LogP contribution in [-0.4, -0.2) is 15.5 Å². The van der Waals surface area contributed by atoms with Gasteiger partial charge in [-0.15, -0.1) is 0 Å². The standard InChI is InChI=1S/C6H8N2O/c1-5-7-3-4-8(5)6(2)9/h3-4H,1-2H3. The Hall–Kier alpha value is -1.12. The Morgan fingerprint density at radius 3 is 2.67 bits per heavy atom. The fourth-order valence-corrected chi connectivity index (χ4v) is 0.711. The van der Waals surface area contributed by atoms with Crippen molar-refractivity contribution in [1.29, 1.82) is 0 Å². The minimum atomic E-state index is 0.00463. The van der Waals surface area contributed by atoms with Gasteiger partial charge in [0.05, 0.1) is 0 Å². The quantitative estimate of drug-likeness (QED) is 0.514. The average Bonchev–Trinajstić information content (AvgIpc) is 2.13. The molecule has 0 fully saturated rings. The Morgan fingerprint density at radius 2 is 2.44 bits per heavy atom. The minimum Gasteiger partial charge on any atom is -0.274 e. The molecule has 0 saturated heterocycles. The zero-order valence-electron chi connectivity index (χ0n) is 5.46. The fourth-order valence-electron chi connectivity index (χ4n) is 0.711. The zero-order chi connectivity index (χ0) is 6.85. The summed E-state index contributed by atoms with van der Waals surface area (Å²) >= 11 is 0. The lowest BCUT2D eigenvalue weighted by molar-refractivity contribution is 0.0934. The lowest BCUT2D eigenvalue weighted by Crippen LogP contribution is -2.05. The second-order valence-electron chi connectivity index (χ2n) is 1.86. The van der Waals surface area contributed by atoms with Gasteiger partial charge in [0.2, 0.25) is 5.91 Å². The van der Waals surface area contributed by atoms with Crippen LogP contribution in [0.1, 0.15) is 17.5 Å². The molecule has 0 radical (unpaired) electrons. The van der Waals surface area contributed by atoms with E-state index >= 15 is 0 Å². The monoisotopic (exact) mass is 124 g/mol. The van der Waals surface area contributed by atoms with E-state index in [2.05, 4.69) is 4.98 Å². The summed E-state index contributed by atoms with van der Waals surface area (Å²) in [6.07, 6.45) is 3.26. The number of hydrogen-bond donors (Lipinski definition) is 0. The van der Waals surface area contributed by atoms with E-state index in [0.29, 0.717) is 0 Å². The molecule has 0 aliphatic rings. The van der Waals surface area contributed by atoms with Gasteiger partial charge >= 0.3 is 0 Å². The number of carbonyl (C=O) groups excluding carboxylic acids is 1. The first-order valence-electron chi connectivity index (χ1n) is 2.72. The highest BCUT2D eigenvalue weighted by atomic mass is 16.1. The topological polar surface area (TPSA) is 34.9 Å². The molecule has 1 aromatic heterocycles. The Labute approximate surface area is 53.3 Å². The smallest absolute Gasteiger partial charge is 0.228 e. The SMILES string of the molecule is CC(=O)n1ccnc1C. The van der Waals surface area contributed by atoms with Crippen LogP contribution in [0, 0.1) is 6.92 Å². The van der Waals surface area contributed by atoms with Gasteiger partial charge in [-0.25, -0.2) is 4.98 Å². The van der Waals surface area contributed by atoms with E-state index in [4.69, 9.17) is 0 Å². The number of aromatic nitrogens is 2. The van der Waals surface area contributed by atoms with Crippen molar-refractivity contribution in [2.24, 2.45) is 0 Å². The summed E-state index contributed by atoms with van der Waals surface area (Å²) in [6, 6.07) is 0. The number of carbonyl (C=O) groups is 1. The lowest BCUT2D eigenvalue weighted by Gasteiger charge is -1.94. The number of imidazole rings is 1. The summed E-state index contributed by atoms with van der Waals surface area (Å²) in [4.78, 5) is 14.5. The van der Waals surface area contributed by atoms with E-state index in [-0.39, 0.29) is 5.91 Å². The maximum Gasteiger partial charge on any atom is 0.228 e. The maximum absolute atomic E-state index is 10.7. The first-order chi connectivity index (χ1) is 4.22. The lowest BCUT2D eigenvalue weighted by atomic mass is 10.6. The van der Waals surface area contributed by atoms with Gasteiger partial charge in [0.15, 0.2) is 0 Å². The molecule has 1 aromatic rings. The Bertz CT molecular complexity index is 227. The second kappa shape index (κ2) is 2.01. The van der Waals surface area contributed by atoms with Crippen molar-refractivity contribution in [3.05, 3.63) is 18.2 Å². The fraction of sp³-hybridized carbons (Fsp3) is 0.333. The van der Waals surface area contributed by atoms with E-state index < -0.39 is 0 Å². The van der Waals surface area contributed by atoms with Gasteiger partial charge in [-0.2, -0.15) is 0 Å². The van der Waals surface area contributed by atoms with E-state index in [1.165, 1.54) is 11.5 Å². The molecular weight excluding hydrogens is 116 g/mol. The molecule has 0 saturated carbocycles. The summed E-state index contributed by atoms with van der Waals surface area (Å²) in [7, 11) is 0. The normalized spacial score (nSPS) is 9.56. The van der Waals surface area contributed by atoms with Gasteiger partial charge in [-0.3, -0.25) is 9.36 Å². The summed E-state index contributed by atoms with van der Waals surface area (Å²) in [5.41, 5.74) is 0. The van der Waals surface area contributed by atoms with E-state index in [1.807, 2.05) is 0 Å². The van der Waals surface area contributed by atoms with Crippen molar-refractivity contribution in [1.82, 2.24) is 9.55 Å². The Balaban J connectivity index is 3.08. The summed E-state index contributed by atoms with van der Waals surface area (Å²) < 4.78 is 1.50. The van der Waals surface area contributed by atoms with Crippen LogP contribution in [0.15, 0.2) is 12.4 Å². The molecule has 0 aromatic carbocycles. The molecule has 0 amide bonds. The van der Waals surface area contributed by atoms with Crippen molar-refractivity contribution in [3.63, 3.8) is 0 Å². The largest absolute Gasteiger partial charge is 0.274 e. The van der Waals surface area contributed by atoms with Crippen LogP contribution in [0.4, 0.5) is 0 Å². The van der Waals surface area contributed by atoms with Crippen molar-refractivity contribution < 1.29 is 4.79 Å². The maximum atomic E-state index is 10.7. The van der Waals surface area contributed by atoms with Crippen LogP contribution in [-0.2, 0) is 0 Å². The molecule has 9 heavy (non-hydrogen) atoms. The third kappa shape index (κ3) is 0.988. The highest BCUT2D eigenvalue weighted by molar-refractivity contribution is 5.76. The Kier molecular flexibility index (Phi) is 1.34. The molecule has 0 bridgehead atoms. The molecule has 3 nitrogen and oxygen atoms in total. The first kappa shape index (κ1) is 6.01. The molecule has 0 N–H and O–H groups in total. The van der Waals surface area contributed by atoms with Crippen molar-refractivity contribution in [2.75, 3.05) is 0 Å². The van der Waals surface area contributed by atoms with Crippen LogP contribution in [0.3, 0.4) is 0 Å². The predicted molar refractivity (Wildman–Crippen MR) is 33.3 cm³/mol. The van der Waals surface area contributed by atoms with Crippen LogP contribution in [0.25, 0.3) is 0 Å². The highest BCUT2D eigenvalue weighted by Gasteiger charge is 1.98. The molecule has 48 valence electrons. The molecule has 3 heteroatoms. The number of aryl methyl sites for hydroxylation is 1. The molecule has 0 unspecified atom stereocenters. The summed E-state index contributed by atoms with van der Waals surface area (Å²) in [6.45, 7) is 3.30. The highest BCUT2D eigenvalue weighted by Crippen LogP contribution is 1.92. The van der Waals surface area contributed by atoms with Crippen molar-refractivity contribution in [2.45, 2.75) is 13.8 Å². The molecule has 0 aliphatic heterocycles. The third-order valence-electron chi connectivity index (χ3n) is 1.16. The van der Waals surface area contributed by atoms with Gasteiger partial charge in [0.25, 0.3) is 0 Å². The van der Waals surface area contributed by atoms with Gasteiger partial charge in [0, 0.05) is 19.3 Å². The van der Waals surface area contributed by atoms with E-state index in [0.717, 1.165) is 5.82 Å².